The molecule has 0 unspecified atom stereocenters. The van der Waals surface area contributed by atoms with Gasteiger partial charge >= 0.3 is 0 Å². The minimum atomic E-state index is -3.74. The number of sulfonamides is 1. The Kier molecular flexibility index (Phi) is 4.36. The summed E-state index contributed by atoms with van der Waals surface area (Å²) in [5.74, 6) is -0.265. The molecule has 1 fully saturated rings. The normalized spacial score (nSPS) is 17.7. The number of carbonyl (C=O) groups is 2. The number of hydrogen-bond acceptors (Lipinski definition) is 4. The Bertz CT molecular complexity index is 739. The Morgan fingerprint density at radius 1 is 1.22 bits per heavy atom. The number of carbonyl (C=O) groups excluding carboxylic acids is 2. The van der Waals surface area contributed by atoms with Gasteiger partial charge in [0.15, 0.2) is 0 Å². The predicted octanol–water partition coefficient (Wildman–Crippen LogP) is 0.472. The molecule has 0 aliphatic carbocycles. The first kappa shape index (κ1) is 15.9. The Morgan fingerprint density at radius 2 is 1.96 bits per heavy atom. The first-order chi connectivity index (χ1) is 11.0. The molecule has 0 spiro atoms. The molecule has 1 saturated heterocycles. The van der Waals surface area contributed by atoms with Crippen LogP contribution in [0.3, 0.4) is 0 Å². The van der Waals surface area contributed by atoms with E-state index in [9.17, 15) is 18.0 Å². The topological polar surface area (TPSA) is 95.6 Å². The quantitative estimate of drug-likeness (QED) is 0.835. The van der Waals surface area contributed by atoms with Gasteiger partial charge in [-0.2, -0.15) is 0 Å². The highest BCUT2D eigenvalue weighted by Crippen LogP contribution is 2.25. The summed E-state index contributed by atoms with van der Waals surface area (Å²) in [5, 5.41) is 2.71. The minimum Gasteiger partial charge on any atom is -0.342 e. The maximum Gasteiger partial charge on any atom is 0.241 e. The molecule has 0 radical (unpaired) electrons. The lowest BCUT2D eigenvalue weighted by atomic mass is 10.0. The van der Waals surface area contributed by atoms with E-state index in [-0.39, 0.29) is 23.3 Å². The highest BCUT2D eigenvalue weighted by atomic mass is 32.2. The Balaban J connectivity index is 1.69. The summed E-state index contributed by atoms with van der Waals surface area (Å²) in [6, 6.07) is 4.58. The minimum absolute atomic E-state index is 0.0672. The number of likely N-dealkylation sites (tertiary alicyclic amines) is 1. The lowest BCUT2D eigenvalue weighted by molar-refractivity contribution is -0.128. The van der Waals surface area contributed by atoms with Crippen LogP contribution in [0.1, 0.15) is 24.8 Å². The molecule has 2 amide bonds. The number of rotatable bonds is 4. The van der Waals surface area contributed by atoms with Crippen LogP contribution in [0, 0.1) is 0 Å². The van der Waals surface area contributed by atoms with Gasteiger partial charge in [0.05, 0.1) is 11.4 Å². The SMILES string of the molecule is O=C1CCc2cc(S(=O)(=O)NCC(=O)N3CCCC3)ccc2N1. The highest BCUT2D eigenvalue weighted by Gasteiger charge is 2.23. The van der Waals surface area contributed by atoms with E-state index in [4.69, 9.17) is 0 Å². The maximum atomic E-state index is 12.3. The number of benzene rings is 1. The van der Waals surface area contributed by atoms with Crippen LogP contribution in [0.15, 0.2) is 23.1 Å². The second kappa shape index (κ2) is 6.29. The molecular weight excluding hydrogens is 318 g/mol. The van der Waals surface area contributed by atoms with Gasteiger partial charge in [-0.25, -0.2) is 13.1 Å². The van der Waals surface area contributed by atoms with Crippen LogP contribution < -0.4 is 10.0 Å². The second-order valence-electron chi connectivity index (χ2n) is 5.78. The molecule has 0 atom stereocenters. The molecule has 7 nitrogen and oxygen atoms in total. The van der Waals surface area contributed by atoms with Crippen molar-refractivity contribution in [1.82, 2.24) is 9.62 Å². The molecule has 2 aliphatic rings. The summed E-state index contributed by atoms with van der Waals surface area (Å²) in [5.41, 5.74) is 1.44. The molecular formula is C15H19N3O4S. The van der Waals surface area contributed by atoms with E-state index in [1.54, 1.807) is 17.0 Å². The van der Waals surface area contributed by atoms with Crippen LogP contribution in [0.5, 0.6) is 0 Å². The van der Waals surface area contributed by atoms with Gasteiger partial charge in [-0.3, -0.25) is 9.59 Å². The monoisotopic (exact) mass is 337 g/mol. The zero-order chi connectivity index (χ0) is 16.4. The molecule has 2 aliphatic heterocycles. The summed E-state index contributed by atoms with van der Waals surface area (Å²) in [7, 11) is -3.74. The third-order valence-electron chi connectivity index (χ3n) is 4.15. The number of nitrogens with zero attached hydrogens (tertiary/aromatic N) is 1. The lowest BCUT2D eigenvalue weighted by Gasteiger charge is -2.18. The Labute approximate surface area is 135 Å². The van der Waals surface area contributed by atoms with Crippen molar-refractivity contribution < 1.29 is 18.0 Å². The molecule has 124 valence electrons. The number of fused-ring (bicyclic) bond motifs is 1. The van der Waals surface area contributed by atoms with E-state index >= 15 is 0 Å². The fourth-order valence-corrected chi connectivity index (χ4v) is 3.87. The third-order valence-corrected chi connectivity index (χ3v) is 5.55. The van der Waals surface area contributed by atoms with E-state index in [1.165, 1.54) is 6.07 Å². The van der Waals surface area contributed by atoms with Gasteiger partial charge < -0.3 is 10.2 Å². The molecule has 2 N–H and O–H groups in total. The molecule has 2 heterocycles. The van der Waals surface area contributed by atoms with E-state index in [1.807, 2.05) is 0 Å². The summed E-state index contributed by atoms with van der Waals surface area (Å²) < 4.78 is 27.0. The number of amides is 2. The lowest BCUT2D eigenvalue weighted by Crippen LogP contribution is -2.38. The van der Waals surface area contributed by atoms with E-state index in [0.29, 0.717) is 31.6 Å². The van der Waals surface area contributed by atoms with Gasteiger partial charge in [-0.15, -0.1) is 0 Å². The molecule has 0 aromatic heterocycles. The number of hydrogen-bond donors (Lipinski definition) is 2. The van der Waals surface area contributed by atoms with Gasteiger partial charge in [0, 0.05) is 25.2 Å². The Morgan fingerprint density at radius 3 is 2.70 bits per heavy atom. The zero-order valence-electron chi connectivity index (χ0n) is 12.7. The summed E-state index contributed by atoms with van der Waals surface area (Å²) in [4.78, 5) is 25.1. The first-order valence-electron chi connectivity index (χ1n) is 7.66. The average Bonchev–Trinajstić information content (AvgIpc) is 3.06. The van der Waals surface area contributed by atoms with Gasteiger partial charge in [-0.05, 0) is 43.0 Å². The largest absolute Gasteiger partial charge is 0.342 e. The van der Waals surface area contributed by atoms with Crippen LogP contribution in [0.2, 0.25) is 0 Å². The number of nitrogens with one attached hydrogen (secondary N) is 2. The summed E-state index contributed by atoms with van der Waals surface area (Å²) in [6.45, 7) is 1.16. The number of anilines is 1. The molecule has 0 bridgehead atoms. The van der Waals surface area contributed by atoms with Gasteiger partial charge in [0.25, 0.3) is 0 Å². The van der Waals surface area contributed by atoms with Crippen molar-refractivity contribution >= 4 is 27.5 Å². The van der Waals surface area contributed by atoms with Crippen molar-refractivity contribution in [2.24, 2.45) is 0 Å². The van der Waals surface area contributed by atoms with Crippen LogP contribution in [0.4, 0.5) is 5.69 Å². The fourth-order valence-electron chi connectivity index (χ4n) is 2.85. The van der Waals surface area contributed by atoms with Crippen molar-refractivity contribution in [3.63, 3.8) is 0 Å². The first-order valence-corrected chi connectivity index (χ1v) is 9.14. The second-order valence-corrected chi connectivity index (χ2v) is 7.55. The third kappa shape index (κ3) is 3.53. The molecule has 1 aromatic carbocycles. The smallest absolute Gasteiger partial charge is 0.241 e. The van der Waals surface area contributed by atoms with Crippen LogP contribution in [-0.4, -0.2) is 44.8 Å². The fraction of sp³-hybridized carbons (Fsp3) is 0.467. The van der Waals surface area contributed by atoms with Crippen molar-refractivity contribution in [3.8, 4) is 0 Å². The van der Waals surface area contributed by atoms with Crippen LogP contribution in [0.25, 0.3) is 0 Å². The van der Waals surface area contributed by atoms with Crippen LogP contribution in [-0.2, 0) is 26.0 Å². The van der Waals surface area contributed by atoms with Crippen LogP contribution >= 0.6 is 0 Å². The average molecular weight is 337 g/mol. The van der Waals surface area contributed by atoms with Crippen molar-refractivity contribution in [2.45, 2.75) is 30.6 Å². The summed E-state index contributed by atoms with van der Waals surface area (Å²) >= 11 is 0. The number of aryl methyl sites for hydroxylation is 1. The van der Waals surface area contributed by atoms with Crippen molar-refractivity contribution in [3.05, 3.63) is 23.8 Å². The Hall–Kier alpha value is -1.93. The van der Waals surface area contributed by atoms with Crippen molar-refractivity contribution in [1.29, 1.82) is 0 Å². The van der Waals surface area contributed by atoms with Gasteiger partial charge in [-0.1, -0.05) is 0 Å². The van der Waals surface area contributed by atoms with E-state index in [0.717, 1.165) is 18.4 Å². The zero-order valence-corrected chi connectivity index (χ0v) is 13.5. The summed E-state index contributed by atoms with van der Waals surface area (Å²) in [6.07, 6.45) is 2.79. The molecule has 1 aromatic rings. The van der Waals surface area contributed by atoms with E-state index < -0.39 is 10.0 Å². The highest BCUT2D eigenvalue weighted by molar-refractivity contribution is 7.89. The maximum absolute atomic E-state index is 12.3. The predicted molar refractivity (Wildman–Crippen MR) is 84.4 cm³/mol. The molecule has 23 heavy (non-hydrogen) atoms. The van der Waals surface area contributed by atoms with E-state index in [2.05, 4.69) is 10.0 Å². The standard InChI is InChI=1S/C15H19N3O4S/c19-14-6-3-11-9-12(4-5-13(11)17-14)23(21,22)16-10-15(20)18-7-1-2-8-18/h4-5,9,16H,1-3,6-8,10H2,(H,17,19). The van der Waals surface area contributed by atoms with Gasteiger partial charge in [0.1, 0.15) is 0 Å². The molecule has 0 saturated carbocycles. The van der Waals surface area contributed by atoms with Crippen molar-refractivity contribution in [2.75, 3.05) is 25.0 Å². The van der Waals surface area contributed by atoms with Gasteiger partial charge in [0.2, 0.25) is 21.8 Å². The molecule has 3 rings (SSSR count). The molecule has 8 heteroatoms.